The van der Waals surface area contributed by atoms with Crippen LogP contribution in [0, 0.1) is 11.8 Å². The fourth-order valence-corrected chi connectivity index (χ4v) is 2.78. The molecule has 2 aromatic rings. The maximum Gasteiger partial charge on any atom is 0.104 e. The highest BCUT2D eigenvalue weighted by molar-refractivity contribution is 7.10. The first kappa shape index (κ1) is 13.8. The van der Waals surface area contributed by atoms with E-state index in [4.69, 9.17) is 5.11 Å². The number of aryl methyl sites for hydroxylation is 1. The molecule has 4 nitrogen and oxygen atoms in total. The molecule has 0 aromatic carbocycles. The molecule has 0 radical (unpaired) electrons. The second-order valence-corrected chi connectivity index (χ2v) is 5.41. The predicted octanol–water partition coefficient (Wildman–Crippen LogP) is 1.46. The maximum absolute atomic E-state index is 8.75. The van der Waals surface area contributed by atoms with Crippen LogP contribution in [0.4, 0.5) is 0 Å². The quantitative estimate of drug-likeness (QED) is 0.859. The lowest BCUT2D eigenvalue weighted by atomic mass is 10.2. The molecular weight excluding hydrogens is 258 g/mol. The van der Waals surface area contributed by atoms with E-state index < -0.39 is 0 Å². The van der Waals surface area contributed by atoms with Crippen molar-refractivity contribution in [1.29, 1.82) is 0 Å². The van der Waals surface area contributed by atoms with Crippen LogP contribution in [0.3, 0.4) is 0 Å². The topological polar surface area (TPSA) is 41.3 Å². The number of thiophene rings is 1. The molecule has 0 fully saturated rings. The standard InChI is InChI=1S/C14H17N3OS/c1-16(9-12-8-15-17(2)10-12)11-14-13(4-3-6-18)5-7-19-14/h5,7-8,10,18H,6,9,11H2,1-2H3. The van der Waals surface area contributed by atoms with Crippen LogP contribution in [-0.2, 0) is 20.1 Å². The zero-order chi connectivity index (χ0) is 13.7. The van der Waals surface area contributed by atoms with Gasteiger partial charge in [-0.05, 0) is 18.5 Å². The minimum atomic E-state index is -0.0964. The molecular formula is C14H17N3OS. The van der Waals surface area contributed by atoms with E-state index in [2.05, 4.69) is 28.9 Å². The highest BCUT2D eigenvalue weighted by atomic mass is 32.1. The number of nitrogens with zero attached hydrogens (tertiary/aromatic N) is 3. The first-order valence-corrected chi connectivity index (χ1v) is 6.89. The van der Waals surface area contributed by atoms with E-state index in [1.165, 1.54) is 10.4 Å². The van der Waals surface area contributed by atoms with E-state index >= 15 is 0 Å². The van der Waals surface area contributed by atoms with Crippen molar-refractivity contribution >= 4 is 11.3 Å². The zero-order valence-electron chi connectivity index (χ0n) is 11.1. The monoisotopic (exact) mass is 275 g/mol. The van der Waals surface area contributed by atoms with E-state index in [0.29, 0.717) is 0 Å². The van der Waals surface area contributed by atoms with Crippen molar-refractivity contribution in [3.05, 3.63) is 39.8 Å². The van der Waals surface area contributed by atoms with Crippen LogP contribution in [0.2, 0.25) is 0 Å². The second kappa shape index (κ2) is 6.53. The summed E-state index contributed by atoms with van der Waals surface area (Å²) in [6, 6.07) is 2.00. The molecule has 0 amide bonds. The lowest BCUT2D eigenvalue weighted by Gasteiger charge is -2.14. The molecule has 2 heterocycles. The minimum absolute atomic E-state index is 0.0964. The summed E-state index contributed by atoms with van der Waals surface area (Å²) in [5.41, 5.74) is 2.21. The number of hydrogen-bond donors (Lipinski definition) is 1. The molecule has 5 heteroatoms. The van der Waals surface area contributed by atoms with E-state index in [9.17, 15) is 0 Å². The summed E-state index contributed by atoms with van der Waals surface area (Å²) < 4.78 is 1.81. The molecule has 100 valence electrons. The Bertz CT molecular complexity index is 591. The van der Waals surface area contributed by atoms with Crippen molar-refractivity contribution in [2.75, 3.05) is 13.7 Å². The van der Waals surface area contributed by atoms with E-state index in [1.807, 2.05) is 35.6 Å². The van der Waals surface area contributed by atoms with Gasteiger partial charge >= 0.3 is 0 Å². The fourth-order valence-electron chi connectivity index (χ4n) is 1.88. The van der Waals surface area contributed by atoms with Gasteiger partial charge in [0.15, 0.2) is 0 Å². The van der Waals surface area contributed by atoms with Gasteiger partial charge in [0.2, 0.25) is 0 Å². The molecule has 0 saturated heterocycles. The number of rotatable bonds is 4. The third kappa shape index (κ3) is 3.93. The molecule has 0 aliphatic rings. The summed E-state index contributed by atoms with van der Waals surface area (Å²) in [5.74, 6) is 5.68. The third-order valence-electron chi connectivity index (χ3n) is 2.67. The largest absolute Gasteiger partial charge is 0.384 e. The Balaban J connectivity index is 1.99. The van der Waals surface area contributed by atoms with Crippen LogP contribution >= 0.6 is 11.3 Å². The van der Waals surface area contributed by atoms with Gasteiger partial charge in [0.25, 0.3) is 0 Å². The molecule has 0 atom stereocenters. The highest BCUT2D eigenvalue weighted by Gasteiger charge is 2.07. The Hall–Kier alpha value is -1.61. The number of aliphatic hydroxyl groups excluding tert-OH is 1. The first-order valence-electron chi connectivity index (χ1n) is 6.01. The summed E-state index contributed by atoms with van der Waals surface area (Å²) in [5, 5.41) is 14.9. The molecule has 0 aliphatic heterocycles. The van der Waals surface area contributed by atoms with Crippen LogP contribution < -0.4 is 0 Å². The molecule has 0 bridgehead atoms. The molecule has 0 saturated carbocycles. The van der Waals surface area contributed by atoms with Gasteiger partial charge in [-0.1, -0.05) is 11.8 Å². The summed E-state index contributed by atoms with van der Waals surface area (Å²) in [4.78, 5) is 3.46. The summed E-state index contributed by atoms with van der Waals surface area (Å²) in [6.45, 7) is 1.61. The Kier molecular flexibility index (Phi) is 4.74. The van der Waals surface area contributed by atoms with Gasteiger partial charge in [-0.15, -0.1) is 11.3 Å². The van der Waals surface area contributed by atoms with Crippen molar-refractivity contribution < 1.29 is 5.11 Å². The maximum atomic E-state index is 8.75. The normalized spacial score (nSPS) is 10.5. The number of hydrogen-bond acceptors (Lipinski definition) is 4. The van der Waals surface area contributed by atoms with Gasteiger partial charge < -0.3 is 5.11 Å². The predicted molar refractivity (Wildman–Crippen MR) is 76.7 cm³/mol. The van der Waals surface area contributed by atoms with Crippen molar-refractivity contribution in [2.45, 2.75) is 13.1 Å². The van der Waals surface area contributed by atoms with Crippen molar-refractivity contribution in [3.63, 3.8) is 0 Å². The smallest absolute Gasteiger partial charge is 0.104 e. The SMILES string of the molecule is CN(Cc1cnn(C)c1)Cc1sccc1C#CCO. The zero-order valence-corrected chi connectivity index (χ0v) is 11.9. The number of aliphatic hydroxyl groups is 1. The molecule has 2 rings (SSSR count). The lowest BCUT2D eigenvalue weighted by molar-refractivity contribution is 0.321. The molecule has 0 unspecified atom stereocenters. The average Bonchev–Trinajstić information content (AvgIpc) is 2.96. The van der Waals surface area contributed by atoms with Crippen LogP contribution in [0.15, 0.2) is 23.8 Å². The van der Waals surface area contributed by atoms with Gasteiger partial charge in [-0.25, -0.2) is 0 Å². The second-order valence-electron chi connectivity index (χ2n) is 4.41. The Morgan fingerprint density at radius 3 is 3.00 bits per heavy atom. The fraction of sp³-hybridized carbons (Fsp3) is 0.357. The Labute approximate surface area is 117 Å². The van der Waals surface area contributed by atoms with Crippen LogP contribution in [-0.4, -0.2) is 33.4 Å². The highest BCUT2D eigenvalue weighted by Crippen LogP contribution is 2.18. The average molecular weight is 275 g/mol. The lowest BCUT2D eigenvalue weighted by Crippen LogP contribution is -2.16. The number of aromatic nitrogens is 2. The molecule has 2 aromatic heterocycles. The molecule has 0 spiro atoms. The minimum Gasteiger partial charge on any atom is -0.384 e. The van der Waals surface area contributed by atoms with Gasteiger partial charge in [-0.2, -0.15) is 5.10 Å². The van der Waals surface area contributed by atoms with Crippen LogP contribution in [0.1, 0.15) is 16.0 Å². The van der Waals surface area contributed by atoms with Crippen molar-refractivity contribution in [1.82, 2.24) is 14.7 Å². The summed E-state index contributed by atoms with van der Waals surface area (Å²) in [7, 11) is 4.00. The van der Waals surface area contributed by atoms with Gasteiger partial charge in [0.1, 0.15) is 6.61 Å². The summed E-state index contributed by atoms with van der Waals surface area (Å²) >= 11 is 1.70. The van der Waals surface area contributed by atoms with Crippen LogP contribution in [0.5, 0.6) is 0 Å². The van der Waals surface area contributed by atoms with Crippen LogP contribution in [0.25, 0.3) is 0 Å². The van der Waals surface area contributed by atoms with Crippen molar-refractivity contribution in [3.8, 4) is 11.8 Å². The first-order chi connectivity index (χ1) is 9.19. The Morgan fingerprint density at radius 2 is 2.32 bits per heavy atom. The van der Waals surface area contributed by atoms with Crippen molar-refractivity contribution in [2.24, 2.45) is 7.05 Å². The molecule has 19 heavy (non-hydrogen) atoms. The van der Waals surface area contributed by atoms with Gasteiger partial charge in [0.05, 0.1) is 6.20 Å². The van der Waals surface area contributed by atoms with Gasteiger partial charge in [-0.3, -0.25) is 9.58 Å². The van der Waals surface area contributed by atoms with E-state index in [1.54, 1.807) is 11.3 Å². The molecule has 0 aliphatic carbocycles. The Morgan fingerprint density at radius 1 is 1.47 bits per heavy atom. The molecule has 1 N–H and O–H groups in total. The van der Waals surface area contributed by atoms with E-state index in [-0.39, 0.29) is 6.61 Å². The van der Waals surface area contributed by atoms with E-state index in [0.717, 1.165) is 18.7 Å². The third-order valence-corrected chi connectivity index (χ3v) is 3.58. The van der Waals surface area contributed by atoms with Gasteiger partial charge in [0, 0.05) is 42.3 Å². The summed E-state index contributed by atoms with van der Waals surface area (Å²) in [6.07, 6.45) is 3.91.